The predicted octanol–water partition coefficient (Wildman–Crippen LogP) is 2.88. The van der Waals surface area contributed by atoms with Crippen molar-refractivity contribution in [3.63, 3.8) is 0 Å². The molecule has 0 fully saturated rings. The Morgan fingerprint density at radius 2 is 2.18 bits per heavy atom. The molecule has 0 spiro atoms. The molecule has 0 saturated carbocycles. The summed E-state index contributed by atoms with van der Waals surface area (Å²) >= 11 is 2.15. The minimum atomic E-state index is -0.924. The van der Waals surface area contributed by atoms with Crippen molar-refractivity contribution < 1.29 is 14.4 Å². The van der Waals surface area contributed by atoms with E-state index in [4.69, 9.17) is 9.63 Å². The van der Waals surface area contributed by atoms with E-state index in [2.05, 4.69) is 27.7 Å². The van der Waals surface area contributed by atoms with Crippen LogP contribution in [0.4, 0.5) is 0 Å². The van der Waals surface area contributed by atoms with Gasteiger partial charge >= 0.3 is 5.97 Å². The molecule has 1 heterocycles. The van der Waals surface area contributed by atoms with Gasteiger partial charge in [-0.2, -0.15) is 0 Å². The standard InChI is InChI=1S/C12H10INO3/c1-7-11(13)10(17-14-7)6-8-4-2-3-5-9(8)12(15)16/h2-5H,6H2,1H3,(H,15,16). The third-order valence-corrected chi connectivity index (χ3v) is 3.84. The zero-order valence-corrected chi connectivity index (χ0v) is 11.3. The van der Waals surface area contributed by atoms with Gasteiger partial charge in [0.05, 0.1) is 14.8 Å². The van der Waals surface area contributed by atoms with Gasteiger partial charge in [-0.25, -0.2) is 4.79 Å². The zero-order chi connectivity index (χ0) is 12.4. The van der Waals surface area contributed by atoms with Gasteiger partial charge in [0.25, 0.3) is 0 Å². The van der Waals surface area contributed by atoms with Crippen LogP contribution in [-0.4, -0.2) is 16.2 Å². The molecule has 0 unspecified atom stereocenters. The van der Waals surface area contributed by atoms with E-state index < -0.39 is 5.97 Å². The van der Waals surface area contributed by atoms with E-state index in [1.165, 1.54) is 0 Å². The second-order valence-corrected chi connectivity index (χ2v) is 4.72. The summed E-state index contributed by atoms with van der Waals surface area (Å²) in [6.45, 7) is 1.86. The fourth-order valence-electron chi connectivity index (χ4n) is 1.57. The Morgan fingerprint density at radius 1 is 1.47 bits per heavy atom. The molecule has 0 aliphatic carbocycles. The molecular formula is C12H10INO3. The van der Waals surface area contributed by atoms with Crippen LogP contribution < -0.4 is 0 Å². The minimum absolute atomic E-state index is 0.303. The van der Waals surface area contributed by atoms with Crippen LogP contribution in [0.2, 0.25) is 0 Å². The molecule has 17 heavy (non-hydrogen) atoms. The largest absolute Gasteiger partial charge is 0.478 e. The number of aromatic carboxylic acids is 1. The number of hydrogen-bond donors (Lipinski definition) is 1. The van der Waals surface area contributed by atoms with Crippen LogP contribution in [0.1, 0.15) is 27.4 Å². The summed E-state index contributed by atoms with van der Waals surface area (Å²) < 4.78 is 6.13. The lowest BCUT2D eigenvalue weighted by atomic mass is 10.0. The highest BCUT2D eigenvalue weighted by Crippen LogP contribution is 2.21. The van der Waals surface area contributed by atoms with Gasteiger partial charge in [0.15, 0.2) is 5.76 Å². The third kappa shape index (κ3) is 2.49. The number of hydrogen-bond acceptors (Lipinski definition) is 3. The maximum absolute atomic E-state index is 11.1. The van der Waals surface area contributed by atoms with E-state index in [1.54, 1.807) is 18.2 Å². The maximum Gasteiger partial charge on any atom is 0.335 e. The molecule has 88 valence electrons. The molecular weight excluding hydrogens is 333 g/mol. The summed E-state index contributed by atoms with van der Waals surface area (Å²) in [7, 11) is 0. The molecule has 1 N–H and O–H groups in total. The van der Waals surface area contributed by atoms with Crippen molar-refractivity contribution in [2.45, 2.75) is 13.3 Å². The van der Waals surface area contributed by atoms with Gasteiger partial charge in [0, 0.05) is 6.42 Å². The lowest BCUT2D eigenvalue weighted by Crippen LogP contribution is -2.02. The number of carbonyl (C=O) groups is 1. The zero-order valence-electron chi connectivity index (χ0n) is 9.11. The topological polar surface area (TPSA) is 63.3 Å². The van der Waals surface area contributed by atoms with Crippen LogP contribution in [0.15, 0.2) is 28.8 Å². The molecule has 0 bridgehead atoms. The monoisotopic (exact) mass is 343 g/mol. The molecule has 1 aromatic carbocycles. The number of carboxylic acids is 1. The van der Waals surface area contributed by atoms with Gasteiger partial charge in [0.2, 0.25) is 0 Å². The minimum Gasteiger partial charge on any atom is -0.478 e. The molecule has 0 saturated heterocycles. The summed E-state index contributed by atoms with van der Waals surface area (Å²) in [5.74, 6) is -0.219. The molecule has 2 rings (SSSR count). The Morgan fingerprint density at radius 3 is 2.76 bits per heavy atom. The van der Waals surface area contributed by atoms with Gasteiger partial charge in [0.1, 0.15) is 0 Å². The predicted molar refractivity (Wildman–Crippen MR) is 70.2 cm³/mol. The second kappa shape index (κ2) is 4.87. The second-order valence-electron chi connectivity index (χ2n) is 3.64. The highest BCUT2D eigenvalue weighted by atomic mass is 127. The lowest BCUT2D eigenvalue weighted by Gasteiger charge is -2.03. The summed E-state index contributed by atoms with van der Waals surface area (Å²) in [5.41, 5.74) is 1.86. The number of halogens is 1. The van der Waals surface area contributed by atoms with Crippen LogP contribution in [0, 0.1) is 10.5 Å². The quantitative estimate of drug-likeness (QED) is 0.871. The molecule has 0 aliphatic rings. The van der Waals surface area contributed by atoms with Crippen molar-refractivity contribution in [2.75, 3.05) is 0 Å². The van der Waals surface area contributed by atoms with Crippen LogP contribution in [0.5, 0.6) is 0 Å². The van der Waals surface area contributed by atoms with Gasteiger partial charge in [-0.05, 0) is 41.1 Å². The first kappa shape index (κ1) is 12.1. The molecule has 0 radical (unpaired) electrons. The van der Waals surface area contributed by atoms with Crippen LogP contribution in [0.3, 0.4) is 0 Å². The van der Waals surface area contributed by atoms with E-state index >= 15 is 0 Å². The van der Waals surface area contributed by atoms with Crippen molar-refractivity contribution in [2.24, 2.45) is 0 Å². The molecule has 4 nitrogen and oxygen atoms in total. The SMILES string of the molecule is Cc1noc(Cc2ccccc2C(=O)O)c1I. The fourth-order valence-corrected chi connectivity index (χ4v) is 1.96. The molecule has 0 aliphatic heterocycles. The first-order chi connectivity index (χ1) is 8.09. The van der Waals surface area contributed by atoms with E-state index in [0.29, 0.717) is 17.7 Å². The van der Waals surface area contributed by atoms with E-state index in [-0.39, 0.29) is 0 Å². The summed E-state index contributed by atoms with van der Waals surface area (Å²) in [6, 6.07) is 6.91. The van der Waals surface area contributed by atoms with Crippen molar-refractivity contribution in [3.05, 3.63) is 50.4 Å². The van der Waals surface area contributed by atoms with Crippen molar-refractivity contribution in [3.8, 4) is 0 Å². The first-order valence-electron chi connectivity index (χ1n) is 5.01. The molecule has 0 atom stereocenters. The molecule has 1 aromatic heterocycles. The Balaban J connectivity index is 2.36. The average Bonchev–Trinajstić information content (AvgIpc) is 2.61. The fraction of sp³-hybridized carbons (Fsp3) is 0.167. The molecule has 5 heteroatoms. The van der Waals surface area contributed by atoms with Gasteiger partial charge < -0.3 is 9.63 Å². The average molecular weight is 343 g/mol. The summed E-state index contributed by atoms with van der Waals surface area (Å²) in [5, 5.41) is 12.9. The Bertz CT molecular complexity index is 563. The van der Waals surface area contributed by atoms with E-state index in [0.717, 1.165) is 14.8 Å². The highest BCUT2D eigenvalue weighted by molar-refractivity contribution is 14.1. The molecule has 2 aromatic rings. The Labute approximate surface area is 112 Å². The van der Waals surface area contributed by atoms with Crippen LogP contribution >= 0.6 is 22.6 Å². The van der Waals surface area contributed by atoms with Crippen molar-refractivity contribution >= 4 is 28.6 Å². The van der Waals surface area contributed by atoms with Crippen LogP contribution in [-0.2, 0) is 6.42 Å². The number of nitrogens with zero attached hydrogens (tertiary/aromatic N) is 1. The van der Waals surface area contributed by atoms with Gasteiger partial charge in [-0.15, -0.1) is 0 Å². The smallest absolute Gasteiger partial charge is 0.335 e. The van der Waals surface area contributed by atoms with Gasteiger partial charge in [-0.3, -0.25) is 0 Å². The maximum atomic E-state index is 11.1. The third-order valence-electron chi connectivity index (χ3n) is 2.45. The lowest BCUT2D eigenvalue weighted by molar-refractivity contribution is 0.0696. The van der Waals surface area contributed by atoms with Crippen molar-refractivity contribution in [1.29, 1.82) is 0 Å². The number of rotatable bonds is 3. The van der Waals surface area contributed by atoms with Gasteiger partial charge in [-0.1, -0.05) is 23.4 Å². The Hall–Kier alpha value is -1.37. The Kier molecular flexibility index (Phi) is 3.46. The number of aromatic nitrogens is 1. The number of benzene rings is 1. The summed E-state index contributed by atoms with van der Waals surface area (Å²) in [6.07, 6.45) is 0.446. The normalized spacial score (nSPS) is 10.5. The van der Waals surface area contributed by atoms with E-state index in [9.17, 15) is 4.79 Å². The van der Waals surface area contributed by atoms with Crippen LogP contribution in [0.25, 0.3) is 0 Å². The highest BCUT2D eigenvalue weighted by Gasteiger charge is 2.15. The number of carboxylic acid groups (broad SMARTS) is 1. The molecule has 0 amide bonds. The first-order valence-corrected chi connectivity index (χ1v) is 6.09. The van der Waals surface area contributed by atoms with E-state index in [1.807, 2.05) is 13.0 Å². The number of aryl methyl sites for hydroxylation is 1. The van der Waals surface area contributed by atoms with Crippen molar-refractivity contribution in [1.82, 2.24) is 5.16 Å². The summed E-state index contributed by atoms with van der Waals surface area (Å²) in [4.78, 5) is 11.1.